The molecular formula is C25H33NO. The maximum absolute atomic E-state index is 5.71. The van der Waals surface area contributed by atoms with Crippen LogP contribution in [-0.4, -0.2) is 25.1 Å². The van der Waals surface area contributed by atoms with Gasteiger partial charge in [0.25, 0.3) is 0 Å². The van der Waals surface area contributed by atoms with Crippen molar-refractivity contribution >= 4 is 6.08 Å². The molecule has 3 rings (SSSR count). The van der Waals surface area contributed by atoms with Crippen LogP contribution in [0.5, 0.6) is 5.75 Å². The van der Waals surface area contributed by atoms with Gasteiger partial charge in [-0.25, -0.2) is 0 Å². The molecule has 1 aliphatic heterocycles. The molecule has 1 aliphatic rings. The van der Waals surface area contributed by atoms with Crippen LogP contribution in [0, 0.1) is 5.92 Å². The lowest BCUT2D eigenvalue weighted by Crippen LogP contribution is -2.32. The summed E-state index contributed by atoms with van der Waals surface area (Å²) in [6.07, 6.45) is 6.70. The molecule has 0 atom stereocenters. The van der Waals surface area contributed by atoms with Crippen molar-refractivity contribution in [1.29, 1.82) is 0 Å². The van der Waals surface area contributed by atoms with Crippen LogP contribution in [0.4, 0.5) is 0 Å². The van der Waals surface area contributed by atoms with Crippen molar-refractivity contribution in [2.75, 3.05) is 20.2 Å². The van der Waals surface area contributed by atoms with E-state index in [-0.39, 0.29) is 0 Å². The first-order chi connectivity index (χ1) is 13.1. The van der Waals surface area contributed by atoms with Crippen LogP contribution in [0.1, 0.15) is 49.8 Å². The molecule has 2 aromatic carbocycles. The smallest absolute Gasteiger partial charge is 0.123 e. The fraction of sp³-hybridized carbons (Fsp3) is 0.440. The molecule has 1 heterocycles. The third-order valence-electron chi connectivity index (χ3n) is 5.73. The van der Waals surface area contributed by atoms with E-state index < -0.39 is 0 Å². The van der Waals surface area contributed by atoms with Crippen LogP contribution in [0.25, 0.3) is 17.2 Å². The second-order valence-electron chi connectivity index (χ2n) is 7.86. The summed E-state index contributed by atoms with van der Waals surface area (Å²) in [5.74, 6) is 1.85. The van der Waals surface area contributed by atoms with Crippen molar-refractivity contribution in [3.63, 3.8) is 0 Å². The van der Waals surface area contributed by atoms with Crippen molar-refractivity contribution in [3.8, 4) is 16.9 Å². The number of hydrogen-bond acceptors (Lipinski definition) is 2. The Morgan fingerprint density at radius 3 is 2.59 bits per heavy atom. The predicted molar refractivity (Wildman–Crippen MR) is 116 cm³/mol. The summed E-state index contributed by atoms with van der Waals surface area (Å²) in [7, 11) is 1.76. The number of piperidine rings is 1. The van der Waals surface area contributed by atoms with E-state index in [0.717, 1.165) is 31.1 Å². The highest BCUT2D eigenvalue weighted by Crippen LogP contribution is 2.32. The molecule has 0 unspecified atom stereocenters. The van der Waals surface area contributed by atoms with Gasteiger partial charge >= 0.3 is 0 Å². The van der Waals surface area contributed by atoms with E-state index in [9.17, 15) is 0 Å². The van der Waals surface area contributed by atoms with E-state index in [0.29, 0.717) is 0 Å². The van der Waals surface area contributed by atoms with Crippen molar-refractivity contribution < 1.29 is 4.74 Å². The van der Waals surface area contributed by atoms with Gasteiger partial charge in [-0.05, 0) is 78.7 Å². The first-order valence-corrected chi connectivity index (χ1v) is 10.3. The molecule has 0 radical (unpaired) electrons. The molecule has 0 aromatic heterocycles. The highest BCUT2D eigenvalue weighted by atomic mass is 16.5. The Hall–Kier alpha value is -2.06. The zero-order chi connectivity index (χ0) is 19.2. The van der Waals surface area contributed by atoms with Crippen LogP contribution in [0.3, 0.4) is 0 Å². The number of rotatable bonds is 7. The van der Waals surface area contributed by atoms with Crippen LogP contribution in [0.2, 0.25) is 0 Å². The molecule has 27 heavy (non-hydrogen) atoms. The highest BCUT2D eigenvalue weighted by Gasteiger charge is 2.16. The lowest BCUT2D eigenvalue weighted by Gasteiger charge is -2.30. The second kappa shape index (κ2) is 9.23. The van der Waals surface area contributed by atoms with Gasteiger partial charge in [0.2, 0.25) is 0 Å². The number of benzene rings is 2. The first-order valence-electron chi connectivity index (χ1n) is 10.3. The molecule has 2 aromatic rings. The monoisotopic (exact) mass is 363 g/mol. The summed E-state index contributed by atoms with van der Waals surface area (Å²) in [6, 6.07) is 13.4. The Balaban J connectivity index is 1.87. The zero-order valence-corrected chi connectivity index (χ0v) is 17.1. The normalized spacial score (nSPS) is 15.7. The molecule has 0 aliphatic carbocycles. The zero-order valence-electron chi connectivity index (χ0n) is 17.1. The Morgan fingerprint density at radius 2 is 1.93 bits per heavy atom. The number of nitrogens with zero attached hydrogens (tertiary/aromatic N) is 1. The first kappa shape index (κ1) is 19.7. The molecule has 1 fully saturated rings. The average Bonchev–Trinajstić information content (AvgIpc) is 2.70. The van der Waals surface area contributed by atoms with E-state index in [1.54, 1.807) is 7.11 Å². The average molecular weight is 364 g/mol. The number of ether oxygens (including phenoxy) is 1. The Morgan fingerprint density at radius 1 is 1.15 bits per heavy atom. The Bertz CT molecular complexity index is 772. The maximum atomic E-state index is 5.71. The molecule has 0 spiro atoms. The van der Waals surface area contributed by atoms with Crippen molar-refractivity contribution in [1.82, 2.24) is 4.90 Å². The van der Waals surface area contributed by atoms with Gasteiger partial charge in [-0.3, -0.25) is 4.90 Å². The minimum atomic E-state index is 0.874. The molecule has 1 saturated heterocycles. The minimum Gasteiger partial charge on any atom is -0.496 e. The lowest BCUT2D eigenvalue weighted by atomic mass is 9.94. The highest BCUT2D eigenvalue weighted by molar-refractivity contribution is 5.72. The summed E-state index contributed by atoms with van der Waals surface area (Å²) in [4.78, 5) is 2.58. The van der Waals surface area contributed by atoms with E-state index in [1.807, 2.05) is 6.08 Å². The summed E-state index contributed by atoms with van der Waals surface area (Å²) in [6.45, 7) is 12.1. The third-order valence-corrected chi connectivity index (χ3v) is 5.73. The van der Waals surface area contributed by atoms with Gasteiger partial charge in [0, 0.05) is 12.1 Å². The summed E-state index contributed by atoms with van der Waals surface area (Å²) in [5.41, 5.74) is 6.29. The SMILES string of the molecule is C=Cc1cc(-c2cccc(CN3CCC(C)CC3)c2)cc(OC)c1CCC. The summed E-state index contributed by atoms with van der Waals surface area (Å²) in [5, 5.41) is 0. The van der Waals surface area contributed by atoms with Crippen LogP contribution in [0.15, 0.2) is 43.0 Å². The van der Waals surface area contributed by atoms with Crippen LogP contribution in [-0.2, 0) is 13.0 Å². The standard InChI is InChI=1S/C25H33NO/c1-5-8-24-21(6-2)16-23(17-25(24)27-4)22-10-7-9-20(15-22)18-26-13-11-19(3)12-14-26/h6-7,9-10,15-17,19H,2,5,8,11-14,18H2,1,3-4H3. The molecule has 2 heteroatoms. The van der Waals surface area contributed by atoms with Crippen molar-refractivity contribution in [2.24, 2.45) is 5.92 Å². The molecule has 0 N–H and O–H groups in total. The molecule has 144 valence electrons. The molecule has 0 saturated carbocycles. The van der Waals surface area contributed by atoms with Crippen molar-refractivity contribution in [2.45, 2.75) is 46.1 Å². The fourth-order valence-corrected chi connectivity index (χ4v) is 4.04. The van der Waals surface area contributed by atoms with Gasteiger partial charge in [0.1, 0.15) is 5.75 Å². The van der Waals surface area contributed by atoms with Gasteiger partial charge in [-0.2, -0.15) is 0 Å². The maximum Gasteiger partial charge on any atom is 0.123 e. The minimum absolute atomic E-state index is 0.874. The Labute approximate surface area is 164 Å². The number of likely N-dealkylation sites (tertiary alicyclic amines) is 1. The molecule has 0 bridgehead atoms. The second-order valence-corrected chi connectivity index (χ2v) is 7.86. The third kappa shape index (κ3) is 4.81. The van der Waals surface area contributed by atoms with E-state index in [4.69, 9.17) is 4.74 Å². The number of hydrogen-bond donors (Lipinski definition) is 0. The lowest BCUT2D eigenvalue weighted by molar-refractivity contribution is 0.185. The van der Waals surface area contributed by atoms with E-state index in [2.05, 4.69) is 61.7 Å². The van der Waals surface area contributed by atoms with Crippen LogP contribution >= 0.6 is 0 Å². The van der Waals surface area contributed by atoms with Gasteiger partial charge in [0.05, 0.1) is 7.11 Å². The van der Waals surface area contributed by atoms with Crippen molar-refractivity contribution in [3.05, 3.63) is 59.7 Å². The molecule has 0 amide bonds. The van der Waals surface area contributed by atoms with Gasteiger partial charge < -0.3 is 4.74 Å². The topological polar surface area (TPSA) is 12.5 Å². The predicted octanol–water partition coefficient (Wildman–Crippen LogP) is 6.19. The van der Waals surface area contributed by atoms with Gasteiger partial charge in [-0.1, -0.05) is 51.1 Å². The van der Waals surface area contributed by atoms with E-state index in [1.165, 1.54) is 53.7 Å². The summed E-state index contributed by atoms with van der Waals surface area (Å²) < 4.78 is 5.71. The quantitative estimate of drug-likeness (QED) is 0.581. The number of methoxy groups -OCH3 is 1. The molecular weight excluding hydrogens is 330 g/mol. The van der Waals surface area contributed by atoms with Crippen LogP contribution < -0.4 is 4.74 Å². The summed E-state index contributed by atoms with van der Waals surface area (Å²) >= 11 is 0. The largest absolute Gasteiger partial charge is 0.496 e. The molecule has 2 nitrogen and oxygen atoms in total. The van der Waals surface area contributed by atoms with Gasteiger partial charge in [-0.15, -0.1) is 0 Å². The fourth-order valence-electron chi connectivity index (χ4n) is 4.04. The van der Waals surface area contributed by atoms with E-state index >= 15 is 0 Å². The Kier molecular flexibility index (Phi) is 6.73. The van der Waals surface area contributed by atoms with Gasteiger partial charge in [0.15, 0.2) is 0 Å².